The fourth-order valence-electron chi connectivity index (χ4n) is 3.28. The molecule has 0 aliphatic carbocycles. The Morgan fingerprint density at radius 2 is 1.62 bits per heavy atom. The van der Waals surface area contributed by atoms with Gasteiger partial charge in [-0.25, -0.2) is 0 Å². The van der Waals surface area contributed by atoms with Crippen LogP contribution in [0.15, 0.2) is 24.3 Å². The minimum Gasteiger partial charge on any atom is -0.497 e. The van der Waals surface area contributed by atoms with Crippen molar-refractivity contribution in [3.63, 3.8) is 0 Å². The molecule has 21 heavy (non-hydrogen) atoms. The maximum absolute atomic E-state index is 6.17. The number of ether oxygens (including phenoxy) is 1. The lowest BCUT2D eigenvalue weighted by molar-refractivity contribution is 0.0990. The van der Waals surface area contributed by atoms with Crippen molar-refractivity contribution in [2.45, 2.75) is 51.0 Å². The van der Waals surface area contributed by atoms with Crippen molar-refractivity contribution in [2.75, 3.05) is 26.7 Å². The number of likely N-dealkylation sites (tertiary alicyclic amines) is 1. The van der Waals surface area contributed by atoms with Gasteiger partial charge in [-0.3, -0.25) is 4.90 Å². The average molecular weight is 290 g/mol. The molecule has 1 aliphatic heterocycles. The van der Waals surface area contributed by atoms with Gasteiger partial charge in [0.2, 0.25) is 0 Å². The van der Waals surface area contributed by atoms with Crippen LogP contribution in [-0.2, 0) is 6.42 Å². The third-order valence-corrected chi connectivity index (χ3v) is 4.80. The SMILES string of the molecule is COc1ccc(CC(C)(CN)N2CCCCCCC2)cc1. The Labute approximate surface area is 129 Å². The van der Waals surface area contributed by atoms with Crippen LogP contribution in [0.2, 0.25) is 0 Å². The summed E-state index contributed by atoms with van der Waals surface area (Å²) in [6.45, 7) is 5.39. The zero-order valence-corrected chi connectivity index (χ0v) is 13.6. The van der Waals surface area contributed by atoms with Gasteiger partial charge in [-0.2, -0.15) is 0 Å². The van der Waals surface area contributed by atoms with Crippen molar-refractivity contribution in [3.8, 4) is 5.75 Å². The van der Waals surface area contributed by atoms with Crippen molar-refractivity contribution in [1.82, 2.24) is 4.90 Å². The monoisotopic (exact) mass is 290 g/mol. The van der Waals surface area contributed by atoms with E-state index in [-0.39, 0.29) is 5.54 Å². The number of hydrogen-bond donors (Lipinski definition) is 1. The van der Waals surface area contributed by atoms with Gasteiger partial charge in [-0.15, -0.1) is 0 Å². The van der Waals surface area contributed by atoms with E-state index in [4.69, 9.17) is 10.5 Å². The van der Waals surface area contributed by atoms with E-state index < -0.39 is 0 Å². The smallest absolute Gasteiger partial charge is 0.118 e. The van der Waals surface area contributed by atoms with Gasteiger partial charge in [-0.1, -0.05) is 31.4 Å². The maximum Gasteiger partial charge on any atom is 0.118 e. The predicted molar refractivity (Wildman–Crippen MR) is 88.8 cm³/mol. The second-order valence-corrected chi connectivity index (χ2v) is 6.48. The molecule has 3 heteroatoms. The van der Waals surface area contributed by atoms with Gasteiger partial charge in [-0.05, 0) is 57.0 Å². The topological polar surface area (TPSA) is 38.5 Å². The van der Waals surface area contributed by atoms with Gasteiger partial charge in [0, 0.05) is 12.1 Å². The summed E-state index contributed by atoms with van der Waals surface area (Å²) in [6.07, 6.45) is 7.73. The number of hydrogen-bond acceptors (Lipinski definition) is 3. The first-order valence-electron chi connectivity index (χ1n) is 8.26. The van der Waals surface area contributed by atoms with E-state index in [0.29, 0.717) is 6.54 Å². The molecule has 1 atom stereocenters. The normalized spacial score (nSPS) is 20.3. The molecule has 118 valence electrons. The van der Waals surface area contributed by atoms with Crippen molar-refractivity contribution >= 4 is 0 Å². The summed E-state index contributed by atoms with van der Waals surface area (Å²) in [4.78, 5) is 2.62. The Kier molecular flexibility index (Phi) is 6.07. The first-order chi connectivity index (χ1) is 10.2. The van der Waals surface area contributed by atoms with Crippen molar-refractivity contribution in [1.29, 1.82) is 0 Å². The van der Waals surface area contributed by atoms with Crippen molar-refractivity contribution in [3.05, 3.63) is 29.8 Å². The van der Waals surface area contributed by atoms with Gasteiger partial charge in [0.15, 0.2) is 0 Å². The van der Waals surface area contributed by atoms with Crippen LogP contribution in [0.3, 0.4) is 0 Å². The van der Waals surface area contributed by atoms with E-state index >= 15 is 0 Å². The molecule has 0 saturated carbocycles. The van der Waals surface area contributed by atoms with Crippen LogP contribution in [0, 0.1) is 0 Å². The molecule has 1 aromatic carbocycles. The lowest BCUT2D eigenvalue weighted by Gasteiger charge is -2.42. The molecule has 0 amide bonds. The highest BCUT2D eigenvalue weighted by Crippen LogP contribution is 2.24. The quantitative estimate of drug-likeness (QED) is 0.905. The van der Waals surface area contributed by atoms with Crippen LogP contribution in [0.25, 0.3) is 0 Å². The second kappa shape index (κ2) is 7.81. The Hall–Kier alpha value is -1.06. The van der Waals surface area contributed by atoms with Crippen LogP contribution in [0.4, 0.5) is 0 Å². The maximum atomic E-state index is 6.17. The summed E-state index contributed by atoms with van der Waals surface area (Å²) in [5.74, 6) is 0.916. The largest absolute Gasteiger partial charge is 0.497 e. The standard InChI is InChI=1S/C18H30N2O/c1-18(15-19,20-12-6-4-3-5-7-13-20)14-16-8-10-17(21-2)11-9-16/h8-11H,3-7,12-15,19H2,1-2H3. The minimum atomic E-state index is 0.0614. The summed E-state index contributed by atoms with van der Waals surface area (Å²) < 4.78 is 5.24. The minimum absolute atomic E-state index is 0.0614. The summed E-state index contributed by atoms with van der Waals surface area (Å²) in [5, 5.41) is 0. The van der Waals surface area contributed by atoms with E-state index in [9.17, 15) is 0 Å². The highest BCUT2D eigenvalue weighted by Gasteiger charge is 2.30. The lowest BCUT2D eigenvalue weighted by Crippen LogP contribution is -2.54. The molecule has 1 fully saturated rings. The van der Waals surface area contributed by atoms with Gasteiger partial charge >= 0.3 is 0 Å². The van der Waals surface area contributed by atoms with Crippen LogP contribution in [0.5, 0.6) is 5.75 Å². The van der Waals surface area contributed by atoms with Crippen molar-refractivity contribution < 1.29 is 4.74 Å². The van der Waals surface area contributed by atoms with Gasteiger partial charge < -0.3 is 10.5 Å². The number of methoxy groups -OCH3 is 1. The third kappa shape index (κ3) is 4.45. The zero-order chi connectivity index (χ0) is 15.1. The Morgan fingerprint density at radius 3 is 2.14 bits per heavy atom. The van der Waals surface area contributed by atoms with E-state index in [1.165, 1.54) is 50.8 Å². The molecule has 0 aromatic heterocycles. The number of nitrogens with zero attached hydrogens (tertiary/aromatic N) is 1. The van der Waals surface area contributed by atoms with E-state index in [1.807, 2.05) is 12.1 Å². The van der Waals surface area contributed by atoms with Gasteiger partial charge in [0.25, 0.3) is 0 Å². The molecule has 0 bridgehead atoms. The third-order valence-electron chi connectivity index (χ3n) is 4.80. The van der Waals surface area contributed by atoms with E-state index in [2.05, 4.69) is 24.0 Å². The molecular weight excluding hydrogens is 260 g/mol. The number of rotatable bonds is 5. The molecule has 1 aromatic rings. The molecule has 0 spiro atoms. The fraction of sp³-hybridized carbons (Fsp3) is 0.667. The van der Waals surface area contributed by atoms with E-state index in [0.717, 1.165) is 12.2 Å². The number of nitrogens with two attached hydrogens (primary N) is 1. The zero-order valence-electron chi connectivity index (χ0n) is 13.6. The first kappa shape index (κ1) is 16.3. The van der Waals surface area contributed by atoms with Gasteiger partial charge in [0.1, 0.15) is 5.75 Å². The lowest BCUT2D eigenvalue weighted by atomic mass is 9.89. The molecule has 2 rings (SSSR count). The highest BCUT2D eigenvalue weighted by atomic mass is 16.5. The summed E-state index contributed by atoms with van der Waals surface area (Å²) in [7, 11) is 1.71. The molecule has 0 radical (unpaired) electrons. The Morgan fingerprint density at radius 1 is 1.05 bits per heavy atom. The average Bonchev–Trinajstić information content (AvgIpc) is 2.47. The van der Waals surface area contributed by atoms with Crippen molar-refractivity contribution in [2.24, 2.45) is 5.73 Å². The molecule has 1 heterocycles. The Bertz CT molecular complexity index is 410. The van der Waals surface area contributed by atoms with Crippen LogP contribution in [-0.4, -0.2) is 37.2 Å². The molecule has 3 nitrogen and oxygen atoms in total. The van der Waals surface area contributed by atoms with Crippen LogP contribution < -0.4 is 10.5 Å². The second-order valence-electron chi connectivity index (χ2n) is 6.48. The van der Waals surface area contributed by atoms with Crippen LogP contribution in [0.1, 0.15) is 44.6 Å². The summed E-state index contributed by atoms with van der Waals surface area (Å²) in [5.41, 5.74) is 7.57. The van der Waals surface area contributed by atoms with Gasteiger partial charge in [0.05, 0.1) is 7.11 Å². The molecule has 1 unspecified atom stereocenters. The predicted octanol–water partition coefficient (Wildman–Crippen LogP) is 3.22. The molecule has 1 saturated heterocycles. The summed E-state index contributed by atoms with van der Waals surface area (Å²) in [6, 6.07) is 8.41. The first-order valence-corrected chi connectivity index (χ1v) is 8.26. The van der Waals surface area contributed by atoms with Crippen LogP contribution >= 0.6 is 0 Å². The highest BCUT2D eigenvalue weighted by molar-refractivity contribution is 5.28. The molecular formula is C18H30N2O. The summed E-state index contributed by atoms with van der Waals surface area (Å²) >= 11 is 0. The fourth-order valence-corrected chi connectivity index (χ4v) is 3.28. The Balaban J connectivity index is 2.06. The number of benzene rings is 1. The molecule has 1 aliphatic rings. The van der Waals surface area contributed by atoms with E-state index in [1.54, 1.807) is 7.11 Å². The molecule has 2 N–H and O–H groups in total.